The zero-order chi connectivity index (χ0) is 13.8. The van der Waals surface area contributed by atoms with E-state index in [0.29, 0.717) is 10.6 Å². The lowest BCUT2D eigenvalue weighted by Crippen LogP contribution is -2.55. The van der Waals surface area contributed by atoms with Crippen molar-refractivity contribution in [2.75, 3.05) is 13.7 Å². The molecule has 0 heterocycles. The van der Waals surface area contributed by atoms with Gasteiger partial charge in [-0.15, -0.1) is 0 Å². The number of benzene rings is 1. The zero-order valence-electron chi connectivity index (χ0n) is 10.1. The predicted octanol–water partition coefficient (Wildman–Crippen LogP) is 1.56. The van der Waals surface area contributed by atoms with Crippen LogP contribution in [0.15, 0.2) is 24.3 Å². The van der Waals surface area contributed by atoms with Crippen molar-refractivity contribution in [3.8, 4) is 0 Å². The number of methoxy groups -OCH3 is 1. The van der Waals surface area contributed by atoms with Crippen molar-refractivity contribution in [3.63, 3.8) is 0 Å². The maximum absolute atomic E-state index is 11.9. The number of aliphatic carboxylic acids is 1. The molecule has 1 aromatic rings. The van der Waals surface area contributed by atoms with E-state index in [9.17, 15) is 9.59 Å². The van der Waals surface area contributed by atoms with E-state index in [1.807, 2.05) is 0 Å². The van der Waals surface area contributed by atoms with Crippen molar-refractivity contribution in [2.24, 2.45) is 0 Å². The summed E-state index contributed by atoms with van der Waals surface area (Å²) < 4.78 is 4.81. The molecule has 0 aromatic heterocycles. The minimum absolute atomic E-state index is 0.130. The Balaban J connectivity index is 2.88. The number of ether oxygens (including phenoxy) is 1. The van der Waals surface area contributed by atoms with Gasteiger partial charge in [-0.3, -0.25) is 4.79 Å². The number of halogens is 1. The number of carbonyl (C=O) groups is 2. The lowest BCUT2D eigenvalue weighted by Gasteiger charge is -2.25. The van der Waals surface area contributed by atoms with Crippen LogP contribution in [-0.4, -0.2) is 36.2 Å². The van der Waals surface area contributed by atoms with Crippen LogP contribution in [0.3, 0.4) is 0 Å². The van der Waals surface area contributed by atoms with Crippen molar-refractivity contribution in [1.29, 1.82) is 0 Å². The van der Waals surface area contributed by atoms with Gasteiger partial charge in [0.2, 0.25) is 0 Å². The highest BCUT2D eigenvalue weighted by molar-refractivity contribution is 6.31. The largest absolute Gasteiger partial charge is 0.479 e. The van der Waals surface area contributed by atoms with Gasteiger partial charge in [-0.1, -0.05) is 17.7 Å². The predicted molar refractivity (Wildman–Crippen MR) is 66.8 cm³/mol. The highest BCUT2D eigenvalue weighted by atomic mass is 35.5. The summed E-state index contributed by atoms with van der Waals surface area (Å²) in [6.07, 6.45) is 0. The van der Waals surface area contributed by atoms with Gasteiger partial charge in [-0.25, -0.2) is 4.79 Å². The molecular weight excluding hydrogens is 258 g/mol. The molecule has 0 radical (unpaired) electrons. The molecule has 0 aliphatic rings. The molecule has 1 unspecified atom stereocenters. The minimum atomic E-state index is -1.48. The van der Waals surface area contributed by atoms with E-state index < -0.39 is 17.4 Å². The van der Waals surface area contributed by atoms with Crippen molar-refractivity contribution in [1.82, 2.24) is 5.32 Å². The van der Waals surface area contributed by atoms with Gasteiger partial charge in [0, 0.05) is 17.7 Å². The van der Waals surface area contributed by atoms with E-state index in [0.717, 1.165) is 0 Å². The Labute approximate surface area is 110 Å². The van der Waals surface area contributed by atoms with Crippen LogP contribution in [0.4, 0.5) is 0 Å². The average molecular weight is 272 g/mol. The van der Waals surface area contributed by atoms with Gasteiger partial charge in [0.1, 0.15) is 0 Å². The molecule has 18 heavy (non-hydrogen) atoms. The second kappa shape index (κ2) is 5.84. The molecule has 1 rings (SSSR count). The summed E-state index contributed by atoms with van der Waals surface area (Å²) in [6.45, 7) is 1.25. The van der Waals surface area contributed by atoms with E-state index in [1.54, 1.807) is 18.2 Å². The Hall–Kier alpha value is -1.59. The number of hydrogen-bond acceptors (Lipinski definition) is 3. The Kier molecular flexibility index (Phi) is 4.69. The molecule has 1 amide bonds. The van der Waals surface area contributed by atoms with Crippen LogP contribution in [0, 0.1) is 0 Å². The van der Waals surface area contributed by atoms with Gasteiger partial charge < -0.3 is 15.2 Å². The number of rotatable bonds is 5. The fraction of sp³-hybridized carbons (Fsp3) is 0.333. The van der Waals surface area contributed by atoms with Crippen LogP contribution >= 0.6 is 11.6 Å². The first-order valence-corrected chi connectivity index (χ1v) is 5.57. The summed E-state index contributed by atoms with van der Waals surface area (Å²) in [4.78, 5) is 23.0. The van der Waals surface area contributed by atoms with E-state index in [4.69, 9.17) is 21.4 Å². The number of hydrogen-bond donors (Lipinski definition) is 2. The molecule has 1 aromatic carbocycles. The molecule has 0 fully saturated rings. The van der Waals surface area contributed by atoms with Gasteiger partial charge in [0.25, 0.3) is 5.91 Å². The maximum Gasteiger partial charge on any atom is 0.331 e. The first-order chi connectivity index (χ1) is 8.39. The third-order valence-electron chi connectivity index (χ3n) is 2.38. The first-order valence-electron chi connectivity index (χ1n) is 5.19. The number of amides is 1. The van der Waals surface area contributed by atoms with Crippen LogP contribution in [0.1, 0.15) is 17.3 Å². The molecule has 1 atom stereocenters. The minimum Gasteiger partial charge on any atom is -0.479 e. The molecule has 0 saturated heterocycles. The molecule has 2 N–H and O–H groups in total. The second-order valence-electron chi connectivity index (χ2n) is 4.03. The molecule has 0 spiro atoms. The Morgan fingerprint density at radius 2 is 2.17 bits per heavy atom. The molecule has 0 aliphatic heterocycles. The fourth-order valence-electron chi connectivity index (χ4n) is 1.39. The molecule has 98 valence electrons. The van der Waals surface area contributed by atoms with Gasteiger partial charge in [0.05, 0.1) is 6.61 Å². The van der Waals surface area contributed by atoms with Crippen LogP contribution < -0.4 is 5.32 Å². The van der Waals surface area contributed by atoms with E-state index in [1.165, 1.54) is 20.1 Å². The number of carboxylic acid groups (broad SMARTS) is 1. The van der Waals surface area contributed by atoms with Crippen LogP contribution in [0.2, 0.25) is 5.02 Å². The van der Waals surface area contributed by atoms with Crippen LogP contribution in [0.25, 0.3) is 0 Å². The molecule has 5 nitrogen and oxygen atoms in total. The SMILES string of the molecule is COCC(C)(NC(=O)c1cccc(Cl)c1)C(=O)O. The number of carboxylic acids is 1. The van der Waals surface area contributed by atoms with Gasteiger partial charge in [-0.2, -0.15) is 0 Å². The molecule has 0 saturated carbocycles. The van der Waals surface area contributed by atoms with Gasteiger partial charge >= 0.3 is 5.97 Å². The zero-order valence-corrected chi connectivity index (χ0v) is 10.8. The van der Waals surface area contributed by atoms with E-state index >= 15 is 0 Å². The Bertz CT molecular complexity index is 463. The van der Waals surface area contributed by atoms with Crippen LogP contribution in [0.5, 0.6) is 0 Å². The summed E-state index contributed by atoms with van der Waals surface area (Å²) in [5, 5.41) is 11.9. The third kappa shape index (κ3) is 3.45. The van der Waals surface area contributed by atoms with Crippen molar-refractivity contribution < 1.29 is 19.4 Å². The monoisotopic (exact) mass is 271 g/mol. The lowest BCUT2D eigenvalue weighted by atomic mass is 10.0. The first kappa shape index (κ1) is 14.5. The highest BCUT2D eigenvalue weighted by Crippen LogP contribution is 2.12. The maximum atomic E-state index is 11.9. The molecular formula is C12H14ClNO4. The molecule has 0 aliphatic carbocycles. The average Bonchev–Trinajstić information content (AvgIpc) is 2.29. The number of nitrogens with one attached hydrogen (secondary N) is 1. The summed E-state index contributed by atoms with van der Waals surface area (Å²) in [7, 11) is 1.37. The summed E-state index contributed by atoms with van der Waals surface area (Å²) in [6, 6.07) is 6.26. The molecule has 0 bridgehead atoms. The normalized spacial score (nSPS) is 13.7. The van der Waals surface area contributed by atoms with E-state index in [-0.39, 0.29) is 6.61 Å². The van der Waals surface area contributed by atoms with E-state index in [2.05, 4.69) is 5.32 Å². The van der Waals surface area contributed by atoms with Crippen molar-refractivity contribution in [3.05, 3.63) is 34.9 Å². The fourth-order valence-corrected chi connectivity index (χ4v) is 1.58. The summed E-state index contributed by atoms with van der Waals surface area (Å²) in [5.74, 6) is -1.68. The quantitative estimate of drug-likeness (QED) is 0.852. The van der Waals surface area contributed by atoms with Gasteiger partial charge in [0.15, 0.2) is 5.54 Å². The standard InChI is InChI=1S/C12H14ClNO4/c1-12(7-18-2,11(16)17)14-10(15)8-4-3-5-9(13)6-8/h3-6H,7H2,1-2H3,(H,14,15)(H,16,17). The van der Waals surface area contributed by atoms with Crippen molar-refractivity contribution >= 4 is 23.5 Å². The highest BCUT2D eigenvalue weighted by Gasteiger charge is 2.35. The van der Waals surface area contributed by atoms with Crippen LogP contribution in [-0.2, 0) is 9.53 Å². The Morgan fingerprint density at radius 1 is 1.50 bits per heavy atom. The topological polar surface area (TPSA) is 75.6 Å². The van der Waals surface area contributed by atoms with Gasteiger partial charge in [-0.05, 0) is 25.1 Å². The molecule has 6 heteroatoms. The lowest BCUT2D eigenvalue weighted by molar-refractivity contribution is -0.145. The van der Waals surface area contributed by atoms with Crippen molar-refractivity contribution in [2.45, 2.75) is 12.5 Å². The summed E-state index contributed by atoms with van der Waals surface area (Å²) >= 11 is 5.76. The third-order valence-corrected chi connectivity index (χ3v) is 2.62. The summed E-state index contributed by atoms with van der Waals surface area (Å²) in [5.41, 5.74) is -1.18. The second-order valence-corrected chi connectivity index (χ2v) is 4.47. The smallest absolute Gasteiger partial charge is 0.331 e. The number of carbonyl (C=O) groups excluding carboxylic acids is 1. The Morgan fingerprint density at radius 3 is 2.67 bits per heavy atom.